The van der Waals surface area contributed by atoms with Crippen molar-refractivity contribution < 1.29 is 21.6 Å². The second kappa shape index (κ2) is 8.58. The summed E-state index contributed by atoms with van der Waals surface area (Å²) in [6, 6.07) is 9.39. The Morgan fingerprint density at radius 3 is 2.28 bits per heavy atom. The van der Waals surface area contributed by atoms with Crippen LogP contribution in [0.15, 0.2) is 46.2 Å². The van der Waals surface area contributed by atoms with E-state index in [2.05, 4.69) is 4.72 Å². The minimum atomic E-state index is -3.65. The number of aryl methyl sites for hydroxylation is 1. The van der Waals surface area contributed by atoms with Crippen molar-refractivity contribution in [3.63, 3.8) is 0 Å². The lowest BCUT2D eigenvalue weighted by Crippen LogP contribution is -2.36. The van der Waals surface area contributed by atoms with Gasteiger partial charge < -0.3 is 4.90 Å². The smallest absolute Gasteiger partial charge is 0.258 e. The van der Waals surface area contributed by atoms with E-state index in [0.29, 0.717) is 42.9 Å². The first-order chi connectivity index (χ1) is 15.1. The van der Waals surface area contributed by atoms with Gasteiger partial charge in [-0.1, -0.05) is 12.5 Å². The summed E-state index contributed by atoms with van der Waals surface area (Å²) in [7, 11) is -5.88. The van der Waals surface area contributed by atoms with Crippen molar-refractivity contribution in [1.82, 2.24) is 9.03 Å². The molecular weight excluding hydrogens is 450 g/mol. The Balaban J connectivity index is 1.66. The zero-order chi connectivity index (χ0) is 23.1. The Kier molecular flexibility index (Phi) is 6.15. The maximum Gasteiger partial charge on any atom is 0.258 e. The average molecular weight is 478 g/mol. The van der Waals surface area contributed by atoms with Gasteiger partial charge in [0.2, 0.25) is 20.0 Å². The number of hydrogen-bond donors (Lipinski definition) is 1. The second-order valence-electron chi connectivity index (χ2n) is 8.15. The molecule has 1 amide bonds. The molecule has 0 saturated carbocycles. The van der Waals surface area contributed by atoms with Crippen LogP contribution in [0, 0.1) is 6.92 Å². The van der Waals surface area contributed by atoms with Gasteiger partial charge in [0.15, 0.2) is 0 Å². The van der Waals surface area contributed by atoms with Crippen molar-refractivity contribution in [3.8, 4) is 0 Å². The van der Waals surface area contributed by atoms with E-state index in [-0.39, 0.29) is 15.7 Å². The van der Waals surface area contributed by atoms with Crippen LogP contribution in [0.4, 0.5) is 5.69 Å². The highest BCUT2D eigenvalue weighted by molar-refractivity contribution is 7.89. The molecule has 0 spiro atoms. The van der Waals surface area contributed by atoms with Crippen LogP contribution < -0.4 is 9.62 Å². The largest absolute Gasteiger partial charge is 0.308 e. The second-order valence-corrected chi connectivity index (χ2v) is 12.0. The van der Waals surface area contributed by atoms with Crippen molar-refractivity contribution in [2.45, 2.75) is 42.4 Å². The number of nitrogens with zero attached hydrogens (tertiary/aromatic N) is 2. The van der Waals surface area contributed by atoms with Gasteiger partial charge in [-0.15, -0.1) is 0 Å². The Labute approximate surface area is 189 Å². The van der Waals surface area contributed by atoms with E-state index in [1.54, 1.807) is 36.1 Å². The first kappa shape index (κ1) is 22.9. The summed E-state index contributed by atoms with van der Waals surface area (Å²) < 4.78 is 54.2. The van der Waals surface area contributed by atoms with Gasteiger partial charge in [0, 0.05) is 30.9 Å². The lowest BCUT2D eigenvalue weighted by Gasteiger charge is -2.26. The van der Waals surface area contributed by atoms with Gasteiger partial charge in [0.25, 0.3) is 5.91 Å². The average Bonchev–Trinajstić information content (AvgIpc) is 3.22. The number of carbonyl (C=O) groups excluding carboxylic acids is 1. The molecule has 2 aliphatic rings. The molecular formula is C22H27N3O5S2. The Morgan fingerprint density at radius 2 is 1.59 bits per heavy atom. The predicted octanol–water partition coefficient (Wildman–Crippen LogP) is 2.28. The van der Waals surface area contributed by atoms with Crippen LogP contribution in [-0.4, -0.2) is 53.7 Å². The number of rotatable bonds is 5. The van der Waals surface area contributed by atoms with Crippen molar-refractivity contribution in [1.29, 1.82) is 0 Å². The van der Waals surface area contributed by atoms with E-state index >= 15 is 0 Å². The molecule has 10 heteroatoms. The van der Waals surface area contributed by atoms with Crippen molar-refractivity contribution in [3.05, 3.63) is 53.1 Å². The van der Waals surface area contributed by atoms with Crippen LogP contribution in [0.25, 0.3) is 0 Å². The Bertz CT molecular complexity index is 1270. The van der Waals surface area contributed by atoms with Gasteiger partial charge in [-0.3, -0.25) is 4.79 Å². The van der Waals surface area contributed by atoms with E-state index in [1.165, 1.54) is 23.5 Å². The van der Waals surface area contributed by atoms with Crippen LogP contribution in [-0.2, 0) is 26.5 Å². The molecule has 2 aromatic rings. The molecule has 0 bridgehead atoms. The van der Waals surface area contributed by atoms with Crippen molar-refractivity contribution in [2.75, 3.05) is 31.6 Å². The highest BCUT2D eigenvalue weighted by Crippen LogP contribution is 2.32. The minimum absolute atomic E-state index is 0.128. The highest BCUT2D eigenvalue weighted by Gasteiger charge is 2.30. The molecule has 4 rings (SSSR count). The third-order valence-electron chi connectivity index (χ3n) is 6.16. The monoisotopic (exact) mass is 477 g/mol. The summed E-state index contributed by atoms with van der Waals surface area (Å²) in [6.07, 6.45) is 3.23. The molecule has 2 aliphatic heterocycles. The number of sulfonamides is 2. The SMILES string of the molecule is CNS(=O)(=O)c1ccc2c(c1)CCN2C(=O)c1cc(S(=O)(=O)N2CCCCC2)ccc1C. The molecule has 8 nitrogen and oxygen atoms in total. The maximum atomic E-state index is 13.4. The molecule has 0 atom stereocenters. The first-order valence-corrected chi connectivity index (χ1v) is 13.6. The molecule has 0 unspecified atom stereocenters. The summed E-state index contributed by atoms with van der Waals surface area (Å²) in [5, 5.41) is 0. The van der Waals surface area contributed by atoms with Gasteiger partial charge >= 0.3 is 0 Å². The van der Waals surface area contributed by atoms with E-state index in [1.807, 2.05) is 0 Å². The topological polar surface area (TPSA) is 104 Å². The van der Waals surface area contributed by atoms with E-state index in [9.17, 15) is 21.6 Å². The van der Waals surface area contributed by atoms with Gasteiger partial charge in [-0.2, -0.15) is 4.31 Å². The molecule has 1 saturated heterocycles. The van der Waals surface area contributed by atoms with E-state index in [0.717, 1.165) is 24.8 Å². The van der Waals surface area contributed by atoms with Crippen LogP contribution >= 0.6 is 0 Å². The molecule has 1 fully saturated rings. The molecule has 0 aromatic heterocycles. The Morgan fingerprint density at radius 1 is 0.906 bits per heavy atom. The van der Waals surface area contributed by atoms with Crippen molar-refractivity contribution >= 4 is 31.6 Å². The summed E-state index contributed by atoms with van der Waals surface area (Å²) in [5.74, 6) is -0.291. The number of anilines is 1. The zero-order valence-corrected chi connectivity index (χ0v) is 19.8. The molecule has 32 heavy (non-hydrogen) atoms. The van der Waals surface area contributed by atoms with Gasteiger partial charge in [-0.25, -0.2) is 21.6 Å². The van der Waals surface area contributed by atoms with Crippen LogP contribution in [0.1, 0.15) is 40.7 Å². The molecule has 0 aliphatic carbocycles. The lowest BCUT2D eigenvalue weighted by molar-refractivity contribution is 0.0988. The summed E-state index contributed by atoms with van der Waals surface area (Å²) in [4.78, 5) is 15.3. The third-order valence-corrected chi connectivity index (χ3v) is 9.47. The summed E-state index contributed by atoms with van der Waals surface area (Å²) in [5.41, 5.74) is 2.44. The number of benzene rings is 2. The number of carbonyl (C=O) groups is 1. The quantitative estimate of drug-likeness (QED) is 0.712. The molecule has 2 aromatic carbocycles. The normalized spacial score (nSPS) is 17.4. The number of nitrogens with one attached hydrogen (secondary N) is 1. The standard InChI is InChI=1S/C22H27N3O5S2/c1-16-6-7-19(32(29,30)24-11-4-3-5-12-24)15-20(16)22(26)25-13-10-17-14-18(8-9-21(17)25)31(27,28)23-2/h6-9,14-15,23H,3-5,10-13H2,1-2H3. The highest BCUT2D eigenvalue weighted by atomic mass is 32.2. The van der Waals surface area contributed by atoms with Gasteiger partial charge in [0.1, 0.15) is 0 Å². The maximum absolute atomic E-state index is 13.4. The minimum Gasteiger partial charge on any atom is -0.308 e. The molecule has 2 heterocycles. The van der Waals surface area contributed by atoms with Crippen LogP contribution in [0.2, 0.25) is 0 Å². The number of fused-ring (bicyclic) bond motifs is 1. The molecule has 0 radical (unpaired) electrons. The summed E-state index contributed by atoms with van der Waals surface area (Å²) >= 11 is 0. The Hall–Kier alpha value is -2.27. The predicted molar refractivity (Wildman–Crippen MR) is 122 cm³/mol. The van der Waals surface area contributed by atoms with E-state index < -0.39 is 20.0 Å². The first-order valence-electron chi connectivity index (χ1n) is 10.6. The fourth-order valence-electron chi connectivity index (χ4n) is 4.27. The number of piperidine rings is 1. The fourth-order valence-corrected chi connectivity index (χ4v) is 6.59. The third kappa shape index (κ3) is 4.07. The summed E-state index contributed by atoms with van der Waals surface area (Å²) in [6.45, 7) is 3.18. The lowest BCUT2D eigenvalue weighted by atomic mass is 10.1. The zero-order valence-electron chi connectivity index (χ0n) is 18.2. The van der Waals surface area contributed by atoms with Crippen molar-refractivity contribution in [2.24, 2.45) is 0 Å². The van der Waals surface area contributed by atoms with Crippen LogP contribution in [0.3, 0.4) is 0 Å². The molecule has 1 N–H and O–H groups in total. The number of amides is 1. The van der Waals surface area contributed by atoms with Crippen LogP contribution in [0.5, 0.6) is 0 Å². The fraction of sp³-hybridized carbons (Fsp3) is 0.409. The van der Waals surface area contributed by atoms with Gasteiger partial charge in [0.05, 0.1) is 9.79 Å². The van der Waals surface area contributed by atoms with E-state index in [4.69, 9.17) is 0 Å². The number of hydrogen-bond acceptors (Lipinski definition) is 5. The van der Waals surface area contributed by atoms with Gasteiger partial charge in [-0.05, 0) is 74.7 Å². The molecule has 172 valence electrons.